The highest BCUT2D eigenvalue weighted by Gasteiger charge is 2.15. The van der Waals surface area contributed by atoms with Gasteiger partial charge in [-0.2, -0.15) is 0 Å². The second-order valence-electron chi connectivity index (χ2n) is 6.74. The molecule has 1 aliphatic rings. The topological polar surface area (TPSA) is 42.0 Å². The van der Waals surface area contributed by atoms with E-state index >= 15 is 0 Å². The average Bonchev–Trinajstić information content (AvgIpc) is 3.25. The van der Waals surface area contributed by atoms with Gasteiger partial charge in [-0.3, -0.25) is 4.79 Å². The summed E-state index contributed by atoms with van der Waals surface area (Å²) in [6.07, 6.45) is 7.97. The number of hydrogen-bond donors (Lipinski definition) is 1. The van der Waals surface area contributed by atoms with Crippen molar-refractivity contribution in [2.75, 3.05) is 6.54 Å². The molecule has 1 saturated carbocycles. The molecule has 0 saturated heterocycles. The normalized spacial score (nSPS) is 14.9. The number of benzene rings is 1. The zero-order chi connectivity index (χ0) is 16.8. The van der Waals surface area contributed by atoms with Crippen LogP contribution in [0.2, 0.25) is 0 Å². The third-order valence-corrected chi connectivity index (χ3v) is 5.63. The Morgan fingerprint density at radius 2 is 2.00 bits per heavy atom. The molecular formula is C20H26N2OS. The molecule has 0 radical (unpaired) electrons. The third kappa shape index (κ3) is 4.91. The van der Waals surface area contributed by atoms with E-state index in [9.17, 15) is 4.79 Å². The van der Waals surface area contributed by atoms with Crippen molar-refractivity contribution in [1.29, 1.82) is 0 Å². The molecule has 1 aliphatic carbocycles. The van der Waals surface area contributed by atoms with Crippen molar-refractivity contribution < 1.29 is 4.79 Å². The number of rotatable bonds is 7. The van der Waals surface area contributed by atoms with Gasteiger partial charge in [0.1, 0.15) is 0 Å². The van der Waals surface area contributed by atoms with E-state index in [1.165, 1.54) is 31.2 Å². The van der Waals surface area contributed by atoms with Gasteiger partial charge in [-0.25, -0.2) is 4.98 Å². The fourth-order valence-corrected chi connectivity index (χ4v) is 4.03. The van der Waals surface area contributed by atoms with Crippen molar-refractivity contribution >= 4 is 17.2 Å². The molecule has 24 heavy (non-hydrogen) atoms. The van der Waals surface area contributed by atoms with Crippen LogP contribution in [-0.2, 0) is 11.2 Å². The lowest BCUT2D eigenvalue weighted by Crippen LogP contribution is -2.25. The molecule has 1 amide bonds. The van der Waals surface area contributed by atoms with E-state index in [-0.39, 0.29) is 5.91 Å². The maximum Gasteiger partial charge on any atom is 0.220 e. The zero-order valence-electron chi connectivity index (χ0n) is 14.4. The largest absolute Gasteiger partial charge is 0.356 e. The highest BCUT2D eigenvalue weighted by atomic mass is 32.1. The SMILES string of the molecule is Cc1nc(-c2ccc(CCNC(=O)CCC3CCCC3)cc2)cs1. The van der Waals surface area contributed by atoms with Gasteiger partial charge in [0.15, 0.2) is 0 Å². The standard InChI is InChI=1S/C20H26N2OS/c1-15-22-19(14-24-15)18-9-6-17(7-10-18)12-13-21-20(23)11-8-16-4-2-3-5-16/h6-7,9-10,14,16H,2-5,8,11-13H2,1H3,(H,21,23). The summed E-state index contributed by atoms with van der Waals surface area (Å²) in [7, 11) is 0. The fourth-order valence-electron chi connectivity index (χ4n) is 3.41. The number of hydrogen-bond acceptors (Lipinski definition) is 3. The first-order valence-electron chi connectivity index (χ1n) is 8.99. The number of aromatic nitrogens is 1. The quantitative estimate of drug-likeness (QED) is 0.789. The summed E-state index contributed by atoms with van der Waals surface area (Å²) in [5.74, 6) is 0.995. The number of aryl methyl sites for hydroxylation is 1. The van der Waals surface area contributed by atoms with Gasteiger partial charge in [0.25, 0.3) is 0 Å². The van der Waals surface area contributed by atoms with Gasteiger partial charge in [-0.15, -0.1) is 11.3 Å². The number of nitrogens with one attached hydrogen (secondary N) is 1. The zero-order valence-corrected chi connectivity index (χ0v) is 15.2. The van der Waals surface area contributed by atoms with Gasteiger partial charge in [0.2, 0.25) is 5.91 Å². The van der Waals surface area contributed by atoms with Crippen LogP contribution in [0.25, 0.3) is 11.3 Å². The monoisotopic (exact) mass is 342 g/mol. The lowest BCUT2D eigenvalue weighted by Gasteiger charge is -2.09. The van der Waals surface area contributed by atoms with Crippen LogP contribution < -0.4 is 5.32 Å². The fraction of sp³-hybridized carbons (Fsp3) is 0.500. The van der Waals surface area contributed by atoms with Crippen LogP contribution in [0, 0.1) is 12.8 Å². The summed E-state index contributed by atoms with van der Waals surface area (Å²) in [4.78, 5) is 16.4. The Kier molecular flexibility index (Phi) is 6.02. The molecule has 3 rings (SSSR count). The van der Waals surface area contributed by atoms with Gasteiger partial charge in [0, 0.05) is 23.9 Å². The molecule has 1 fully saturated rings. The lowest BCUT2D eigenvalue weighted by atomic mass is 10.0. The van der Waals surface area contributed by atoms with Crippen LogP contribution >= 0.6 is 11.3 Å². The van der Waals surface area contributed by atoms with Crippen molar-refractivity contribution in [3.8, 4) is 11.3 Å². The van der Waals surface area contributed by atoms with E-state index in [1.54, 1.807) is 11.3 Å². The van der Waals surface area contributed by atoms with E-state index in [1.807, 2.05) is 6.92 Å². The van der Waals surface area contributed by atoms with Crippen molar-refractivity contribution in [3.63, 3.8) is 0 Å². The molecule has 128 valence electrons. The molecule has 0 bridgehead atoms. The molecular weight excluding hydrogens is 316 g/mol. The van der Waals surface area contributed by atoms with Crippen LogP contribution in [0.1, 0.15) is 49.1 Å². The summed E-state index contributed by atoms with van der Waals surface area (Å²) < 4.78 is 0. The smallest absolute Gasteiger partial charge is 0.220 e. The van der Waals surface area contributed by atoms with E-state index in [2.05, 4.69) is 39.9 Å². The molecule has 1 aromatic heterocycles. The highest BCUT2D eigenvalue weighted by molar-refractivity contribution is 7.09. The predicted molar refractivity (Wildman–Crippen MR) is 100 cm³/mol. The first kappa shape index (κ1) is 17.2. The van der Waals surface area contributed by atoms with Crippen LogP contribution in [0.4, 0.5) is 0 Å². The van der Waals surface area contributed by atoms with E-state index < -0.39 is 0 Å². The number of carbonyl (C=O) groups is 1. The van der Waals surface area contributed by atoms with Crippen molar-refractivity contribution in [2.45, 2.75) is 51.9 Å². The number of nitrogens with zero attached hydrogens (tertiary/aromatic N) is 1. The predicted octanol–water partition coefficient (Wildman–Crippen LogP) is 4.75. The van der Waals surface area contributed by atoms with E-state index in [0.29, 0.717) is 6.42 Å². The Morgan fingerprint density at radius 1 is 1.25 bits per heavy atom. The van der Waals surface area contributed by atoms with Crippen molar-refractivity contribution in [2.24, 2.45) is 5.92 Å². The lowest BCUT2D eigenvalue weighted by molar-refractivity contribution is -0.121. The van der Waals surface area contributed by atoms with Crippen LogP contribution in [0.15, 0.2) is 29.6 Å². The molecule has 1 heterocycles. The Morgan fingerprint density at radius 3 is 2.67 bits per heavy atom. The molecule has 0 spiro atoms. The Hall–Kier alpha value is -1.68. The van der Waals surface area contributed by atoms with Crippen molar-refractivity contribution in [1.82, 2.24) is 10.3 Å². The van der Waals surface area contributed by atoms with Gasteiger partial charge >= 0.3 is 0 Å². The second kappa shape index (κ2) is 8.43. The molecule has 0 unspecified atom stereocenters. The first-order valence-corrected chi connectivity index (χ1v) is 9.87. The maximum absolute atomic E-state index is 11.9. The van der Waals surface area contributed by atoms with Crippen molar-refractivity contribution in [3.05, 3.63) is 40.2 Å². The average molecular weight is 343 g/mol. The maximum atomic E-state index is 11.9. The number of carbonyl (C=O) groups excluding carboxylic acids is 1. The minimum absolute atomic E-state index is 0.205. The van der Waals surface area contributed by atoms with Gasteiger partial charge in [0.05, 0.1) is 10.7 Å². The summed E-state index contributed by atoms with van der Waals surface area (Å²) in [5, 5.41) is 6.24. The number of thiazole rings is 1. The van der Waals surface area contributed by atoms with Crippen LogP contribution in [-0.4, -0.2) is 17.4 Å². The minimum atomic E-state index is 0.205. The highest BCUT2D eigenvalue weighted by Crippen LogP contribution is 2.28. The Labute approximate surface area is 148 Å². The summed E-state index contributed by atoms with van der Waals surface area (Å²) >= 11 is 1.68. The molecule has 3 nitrogen and oxygen atoms in total. The molecule has 1 aromatic carbocycles. The second-order valence-corrected chi connectivity index (χ2v) is 7.80. The number of amides is 1. The Bertz CT molecular complexity index is 657. The van der Waals surface area contributed by atoms with Crippen LogP contribution in [0.3, 0.4) is 0 Å². The molecule has 0 aliphatic heterocycles. The molecule has 2 aromatic rings. The van der Waals surface area contributed by atoms with Gasteiger partial charge in [-0.1, -0.05) is 49.9 Å². The summed E-state index contributed by atoms with van der Waals surface area (Å²) in [5.41, 5.74) is 3.45. The van der Waals surface area contributed by atoms with E-state index in [0.717, 1.165) is 41.6 Å². The summed E-state index contributed by atoms with van der Waals surface area (Å²) in [6, 6.07) is 8.50. The molecule has 0 atom stereocenters. The third-order valence-electron chi connectivity index (χ3n) is 4.86. The minimum Gasteiger partial charge on any atom is -0.356 e. The molecule has 1 N–H and O–H groups in total. The van der Waals surface area contributed by atoms with Gasteiger partial charge in [-0.05, 0) is 31.2 Å². The van der Waals surface area contributed by atoms with Crippen LogP contribution in [0.5, 0.6) is 0 Å². The summed E-state index contributed by atoms with van der Waals surface area (Å²) in [6.45, 7) is 2.75. The first-order chi connectivity index (χ1) is 11.7. The van der Waals surface area contributed by atoms with Gasteiger partial charge < -0.3 is 5.32 Å². The molecule has 4 heteroatoms. The van der Waals surface area contributed by atoms with E-state index in [4.69, 9.17) is 0 Å². The Balaban J connectivity index is 1.39.